The van der Waals surface area contributed by atoms with Crippen molar-refractivity contribution in [3.05, 3.63) is 51.3 Å². The summed E-state index contributed by atoms with van der Waals surface area (Å²) in [5.41, 5.74) is 4.71. The summed E-state index contributed by atoms with van der Waals surface area (Å²) in [5, 5.41) is 2.97. The molecule has 0 N–H and O–H groups in total. The first-order valence-electron chi connectivity index (χ1n) is 10.6. The molecule has 0 spiro atoms. The highest BCUT2D eigenvalue weighted by Gasteiger charge is 2.31. The molecule has 3 heterocycles. The lowest BCUT2D eigenvalue weighted by Gasteiger charge is -2.36. The van der Waals surface area contributed by atoms with Gasteiger partial charge in [0.15, 0.2) is 0 Å². The largest absolute Gasteiger partial charge is 0.369 e. The third-order valence-corrected chi connectivity index (χ3v) is 9.99. The first kappa shape index (κ1) is 22.5. The lowest BCUT2D eigenvalue weighted by Crippen LogP contribution is -2.48. The summed E-state index contributed by atoms with van der Waals surface area (Å²) in [6.45, 7) is 12.7. The van der Waals surface area contributed by atoms with Crippen molar-refractivity contribution < 1.29 is 8.42 Å². The number of thiophene rings is 1. The first-order valence-corrected chi connectivity index (χ1v) is 13.7. The molecule has 0 radical (unpaired) electrons. The second-order valence-electron chi connectivity index (χ2n) is 8.44. The molecule has 166 valence electrons. The fourth-order valence-corrected chi connectivity index (χ4v) is 7.89. The van der Waals surface area contributed by atoms with Gasteiger partial charge >= 0.3 is 0 Å². The van der Waals surface area contributed by atoms with Gasteiger partial charge in [0.05, 0.1) is 15.5 Å². The van der Waals surface area contributed by atoms with E-state index < -0.39 is 10.0 Å². The number of sulfonamides is 1. The van der Waals surface area contributed by atoms with Crippen LogP contribution in [0.3, 0.4) is 0 Å². The number of nitrogens with zero attached hydrogens (tertiary/aromatic N) is 3. The van der Waals surface area contributed by atoms with E-state index in [2.05, 4.69) is 56.2 Å². The van der Waals surface area contributed by atoms with Gasteiger partial charge in [0, 0.05) is 42.1 Å². The molecule has 5 nitrogen and oxygen atoms in total. The zero-order chi connectivity index (χ0) is 22.3. The van der Waals surface area contributed by atoms with Crippen molar-refractivity contribution >= 4 is 38.4 Å². The maximum atomic E-state index is 13.4. The molecule has 1 fully saturated rings. The third-order valence-electron chi connectivity index (χ3n) is 5.76. The molecular weight excluding hydrogens is 446 g/mol. The minimum atomic E-state index is -3.52. The maximum Gasteiger partial charge on any atom is 0.244 e. The number of aryl methyl sites for hydroxylation is 3. The van der Waals surface area contributed by atoms with Crippen LogP contribution in [0.1, 0.15) is 41.5 Å². The van der Waals surface area contributed by atoms with Crippen molar-refractivity contribution in [1.29, 1.82) is 0 Å². The number of hydrogen-bond donors (Lipinski definition) is 0. The summed E-state index contributed by atoms with van der Waals surface area (Å²) < 4.78 is 28.5. The van der Waals surface area contributed by atoms with Gasteiger partial charge in [0.1, 0.15) is 5.01 Å². The summed E-state index contributed by atoms with van der Waals surface area (Å²) in [4.78, 5) is 9.18. The van der Waals surface area contributed by atoms with Crippen LogP contribution in [0.2, 0.25) is 0 Å². The van der Waals surface area contributed by atoms with Crippen LogP contribution in [0.4, 0.5) is 5.69 Å². The fraction of sp³-hybridized carbons (Fsp3) is 0.435. The summed E-state index contributed by atoms with van der Waals surface area (Å²) >= 11 is 3.10. The molecule has 0 unspecified atom stereocenters. The van der Waals surface area contributed by atoms with Gasteiger partial charge in [-0.05, 0) is 49.9 Å². The Labute approximate surface area is 193 Å². The van der Waals surface area contributed by atoms with E-state index in [0.717, 1.165) is 20.5 Å². The van der Waals surface area contributed by atoms with Gasteiger partial charge in [-0.15, -0.1) is 22.7 Å². The van der Waals surface area contributed by atoms with E-state index in [1.165, 1.54) is 28.2 Å². The van der Waals surface area contributed by atoms with E-state index >= 15 is 0 Å². The molecule has 8 heteroatoms. The lowest BCUT2D eigenvalue weighted by molar-refractivity contribution is 0.384. The van der Waals surface area contributed by atoms with Crippen LogP contribution in [0.5, 0.6) is 0 Å². The SMILES string of the molecule is Cc1ccc(C)c(N2CCN(S(=O)(=O)c3cc(-c4nc(C(C)C)cs4)sc3C)CC2)c1. The van der Waals surface area contributed by atoms with Crippen molar-refractivity contribution in [1.82, 2.24) is 9.29 Å². The highest BCUT2D eigenvalue weighted by molar-refractivity contribution is 7.89. The Bertz CT molecular complexity index is 1190. The molecule has 3 aromatic rings. The van der Waals surface area contributed by atoms with Crippen LogP contribution in [-0.2, 0) is 10.0 Å². The molecule has 0 aliphatic carbocycles. The van der Waals surface area contributed by atoms with Crippen molar-refractivity contribution in [3.8, 4) is 9.88 Å². The smallest absolute Gasteiger partial charge is 0.244 e. The van der Waals surface area contributed by atoms with Gasteiger partial charge in [-0.1, -0.05) is 26.0 Å². The van der Waals surface area contributed by atoms with Gasteiger partial charge in [0.25, 0.3) is 0 Å². The fourth-order valence-electron chi connectivity index (χ4n) is 3.86. The summed E-state index contributed by atoms with van der Waals surface area (Å²) in [6, 6.07) is 8.25. The first-order chi connectivity index (χ1) is 14.7. The number of benzene rings is 1. The highest BCUT2D eigenvalue weighted by atomic mass is 32.2. The predicted molar refractivity (Wildman–Crippen MR) is 131 cm³/mol. The van der Waals surface area contributed by atoms with E-state index in [4.69, 9.17) is 4.98 Å². The minimum Gasteiger partial charge on any atom is -0.369 e. The van der Waals surface area contributed by atoms with Crippen LogP contribution in [0, 0.1) is 20.8 Å². The Kier molecular flexibility index (Phi) is 6.27. The number of rotatable bonds is 5. The van der Waals surface area contributed by atoms with Crippen LogP contribution >= 0.6 is 22.7 Å². The van der Waals surface area contributed by atoms with Gasteiger partial charge in [-0.25, -0.2) is 13.4 Å². The highest BCUT2D eigenvalue weighted by Crippen LogP contribution is 2.37. The van der Waals surface area contributed by atoms with Crippen LogP contribution in [0.15, 0.2) is 34.5 Å². The molecule has 2 aromatic heterocycles. The Hall–Kier alpha value is -1.74. The topological polar surface area (TPSA) is 53.5 Å². The van der Waals surface area contributed by atoms with E-state index in [1.54, 1.807) is 15.6 Å². The molecule has 4 rings (SSSR count). The molecule has 1 aromatic carbocycles. The monoisotopic (exact) mass is 475 g/mol. The summed E-state index contributed by atoms with van der Waals surface area (Å²) in [5.74, 6) is 0.364. The normalized spacial score (nSPS) is 15.7. The molecule has 0 bridgehead atoms. The molecule has 0 atom stereocenters. The minimum absolute atomic E-state index is 0.364. The number of thiazole rings is 1. The lowest BCUT2D eigenvalue weighted by atomic mass is 10.1. The van der Waals surface area contributed by atoms with E-state index in [-0.39, 0.29) is 0 Å². The second-order valence-corrected chi connectivity index (χ2v) is 12.5. The third kappa shape index (κ3) is 4.44. The van der Waals surface area contributed by atoms with Gasteiger partial charge < -0.3 is 4.90 Å². The maximum absolute atomic E-state index is 13.4. The Morgan fingerprint density at radius 2 is 1.74 bits per heavy atom. The molecule has 1 aliphatic heterocycles. The van der Waals surface area contributed by atoms with E-state index in [1.807, 2.05) is 13.0 Å². The van der Waals surface area contributed by atoms with Gasteiger partial charge in [-0.3, -0.25) is 0 Å². The number of piperazine rings is 1. The van der Waals surface area contributed by atoms with Crippen LogP contribution < -0.4 is 4.90 Å². The molecular formula is C23H29N3O2S3. The molecule has 0 saturated carbocycles. The van der Waals surface area contributed by atoms with E-state index in [0.29, 0.717) is 37.0 Å². The number of anilines is 1. The number of aromatic nitrogens is 1. The van der Waals surface area contributed by atoms with Gasteiger partial charge in [0.2, 0.25) is 10.0 Å². The van der Waals surface area contributed by atoms with Crippen molar-refractivity contribution in [2.75, 3.05) is 31.1 Å². The van der Waals surface area contributed by atoms with Gasteiger partial charge in [-0.2, -0.15) is 4.31 Å². The standard InChI is InChI=1S/C23H29N3O2S3/c1-15(2)19-14-29-23(24-19)21-13-22(18(5)30-21)31(27,28)26-10-8-25(9-11-26)20-12-16(3)6-7-17(20)4/h6-7,12-15H,8-11H2,1-5H3. The average Bonchev–Trinajstić information content (AvgIpc) is 3.37. The van der Waals surface area contributed by atoms with Crippen LogP contribution in [0.25, 0.3) is 9.88 Å². The predicted octanol–water partition coefficient (Wildman–Crippen LogP) is 5.43. The van der Waals surface area contributed by atoms with E-state index in [9.17, 15) is 8.42 Å². The molecule has 0 amide bonds. The Balaban J connectivity index is 1.53. The van der Waals surface area contributed by atoms with Crippen molar-refractivity contribution in [3.63, 3.8) is 0 Å². The zero-order valence-electron chi connectivity index (χ0n) is 18.7. The number of hydrogen-bond acceptors (Lipinski definition) is 6. The molecule has 31 heavy (non-hydrogen) atoms. The van der Waals surface area contributed by atoms with Crippen molar-refractivity contribution in [2.24, 2.45) is 0 Å². The quantitative estimate of drug-likeness (QED) is 0.494. The Morgan fingerprint density at radius 1 is 1.03 bits per heavy atom. The zero-order valence-corrected chi connectivity index (χ0v) is 21.1. The average molecular weight is 476 g/mol. The second kappa shape index (κ2) is 8.65. The van der Waals surface area contributed by atoms with Crippen LogP contribution in [-0.4, -0.2) is 43.9 Å². The summed E-state index contributed by atoms with van der Waals surface area (Å²) in [6.07, 6.45) is 0. The molecule has 1 aliphatic rings. The van der Waals surface area contributed by atoms with Crippen molar-refractivity contribution in [2.45, 2.75) is 45.4 Å². The summed E-state index contributed by atoms with van der Waals surface area (Å²) in [7, 11) is -3.52. The Morgan fingerprint density at radius 3 is 2.39 bits per heavy atom. The molecule has 1 saturated heterocycles.